The van der Waals surface area contributed by atoms with Gasteiger partial charge in [-0.15, -0.1) is 0 Å². The molecule has 1 amide bonds. The van der Waals surface area contributed by atoms with Crippen molar-refractivity contribution in [2.45, 2.75) is 33.2 Å². The van der Waals surface area contributed by atoms with Gasteiger partial charge in [0.15, 0.2) is 0 Å². The highest BCUT2D eigenvalue weighted by molar-refractivity contribution is 5.81. The lowest BCUT2D eigenvalue weighted by atomic mass is 9.99. The molecule has 0 spiro atoms. The van der Waals surface area contributed by atoms with E-state index in [0.29, 0.717) is 6.42 Å². The predicted molar refractivity (Wildman–Crippen MR) is 42.1 cm³/mol. The molecular weight excluding hydrogens is 158 g/mol. The lowest BCUT2D eigenvalue weighted by Crippen LogP contribution is -2.50. The fourth-order valence-corrected chi connectivity index (χ4v) is 0.888. The molecule has 0 unspecified atom stereocenters. The van der Waals surface area contributed by atoms with Crippen LogP contribution in [0.1, 0.15) is 27.2 Å². The number of aliphatic carboxylic acids is 1. The van der Waals surface area contributed by atoms with E-state index < -0.39 is 12.0 Å². The summed E-state index contributed by atoms with van der Waals surface area (Å²) in [4.78, 5) is 21.1. The minimum absolute atomic E-state index is 0.0982. The van der Waals surface area contributed by atoms with Crippen LogP contribution in [0.25, 0.3) is 0 Å². The largest absolute Gasteiger partial charge is 0.548 e. The molecule has 70 valence electrons. The molecule has 4 heteroatoms. The zero-order valence-corrected chi connectivity index (χ0v) is 7.59. The summed E-state index contributed by atoms with van der Waals surface area (Å²) in [6, 6.07) is -0.868. The van der Waals surface area contributed by atoms with Crippen LogP contribution in [-0.4, -0.2) is 17.9 Å². The van der Waals surface area contributed by atoms with E-state index in [4.69, 9.17) is 0 Å². The number of amides is 1. The van der Waals surface area contributed by atoms with Crippen molar-refractivity contribution in [1.82, 2.24) is 5.32 Å². The van der Waals surface area contributed by atoms with E-state index in [1.807, 2.05) is 6.92 Å². The monoisotopic (exact) mass is 172 g/mol. The summed E-state index contributed by atoms with van der Waals surface area (Å²) in [7, 11) is 0. The second-order valence-electron chi connectivity index (χ2n) is 2.88. The number of hydrogen-bond donors (Lipinski definition) is 1. The van der Waals surface area contributed by atoms with Gasteiger partial charge >= 0.3 is 0 Å². The van der Waals surface area contributed by atoms with Crippen LogP contribution in [0, 0.1) is 5.92 Å². The lowest BCUT2D eigenvalue weighted by Gasteiger charge is -2.24. The topological polar surface area (TPSA) is 69.2 Å². The Morgan fingerprint density at radius 3 is 2.25 bits per heavy atom. The van der Waals surface area contributed by atoms with Gasteiger partial charge in [-0.1, -0.05) is 20.3 Å². The molecule has 0 aliphatic heterocycles. The van der Waals surface area contributed by atoms with Gasteiger partial charge in [-0.2, -0.15) is 0 Å². The van der Waals surface area contributed by atoms with Crippen molar-refractivity contribution in [1.29, 1.82) is 0 Å². The van der Waals surface area contributed by atoms with Gasteiger partial charge in [-0.05, 0) is 5.92 Å². The first-order chi connectivity index (χ1) is 5.49. The molecule has 0 fully saturated rings. The molecule has 0 saturated carbocycles. The van der Waals surface area contributed by atoms with Gasteiger partial charge in [-0.25, -0.2) is 0 Å². The number of carboxylic acids is 1. The number of carbonyl (C=O) groups excluding carboxylic acids is 2. The summed E-state index contributed by atoms with van der Waals surface area (Å²) in [6.45, 7) is 4.91. The second kappa shape index (κ2) is 4.74. The molecule has 12 heavy (non-hydrogen) atoms. The molecule has 0 aromatic heterocycles. The van der Waals surface area contributed by atoms with Gasteiger partial charge in [-0.3, -0.25) is 4.79 Å². The maximum atomic E-state index is 10.6. The molecular formula is C8H14NO3-. The van der Waals surface area contributed by atoms with E-state index in [9.17, 15) is 14.7 Å². The fraction of sp³-hybridized carbons (Fsp3) is 0.750. The van der Waals surface area contributed by atoms with Crippen molar-refractivity contribution < 1.29 is 14.7 Å². The zero-order chi connectivity index (χ0) is 9.72. The fourth-order valence-electron chi connectivity index (χ4n) is 0.888. The lowest BCUT2D eigenvalue weighted by molar-refractivity contribution is -0.309. The third kappa shape index (κ3) is 3.37. The summed E-state index contributed by atoms with van der Waals surface area (Å²) in [5, 5.41) is 12.8. The molecule has 0 rings (SSSR count). The van der Waals surface area contributed by atoms with Crippen LogP contribution in [0.3, 0.4) is 0 Å². The van der Waals surface area contributed by atoms with Crippen LogP contribution < -0.4 is 10.4 Å². The Kier molecular flexibility index (Phi) is 4.33. The Bertz CT molecular complexity index is 179. The van der Waals surface area contributed by atoms with E-state index in [1.165, 1.54) is 6.92 Å². The van der Waals surface area contributed by atoms with Crippen molar-refractivity contribution in [3.63, 3.8) is 0 Å². The van der Waals surface area contributed by atoms with Crippen LogP contribution in [0.4, 0.5) is 0 Å². The summed E-state index contributed by atoms with van der Waals surface area (Å²) in [6.07, 6.45) is 0.693. The summed E-state index contributed by atoms with van der Waals surface area (Å²) < 4.78 is 0. The van der Waals surface area contributed by atoms with Crippen LogP contribution >= 0.6 is 0 Å². The van der Waals surface area contributed by atoms with Crippen LogP contribution in [-0.2, 0) is 9.59 Å². The number of hydrogen-bond acceptors (Lipinski definition) is 3. The Hall–Kier alpha value is -1.06. The first-order valence-electron chi connectivity index (χ1n) is 3.97. The highest BCUT2D eigenvalue weighted by Gasteiger charge is 2.17. The van der Waals surface area contributed by atoms with E-state index in [2.05, 4.69) is 5.32 Å². The second-order valence-corrected chi connectivity index (χ2v) is 2.88. The average molecular weight is 172 g/mol. The minimum atomic E-state index is -1.22. The van der Waals surface area contributed by atoms with Crippen LogP contribution in [0.15, 0.2) is 0 Å². The van der Waals surface area contributed by atoms with Gasteiger partial charge in [0.2, 0.25) is 5.91 Å². The maximum Gasteiger partial charge on any atom is 0.217 e. The SMILES string of the molecule is CC[C@H](C)[C@@H](NC(C)=O)C(=O)[O-]. The number of carbonyl (C=O) groups is 2. The molecule has 2 atom stereocenters. The Balaban J connectivity index is 4.22. The van der Waals surface area contributed by atoms with E-state index in [-0.39, 0.29) is 11.8 Å². The van der Waals surface area contributed by atoms with E-state index >= 15 is 0 Å². The third-order valence-electron chi connectivity index (χ3n) is 1.83. The highest BCUT2D eigenvalue weighted by atomic mass is 16.4. The molecule has 0 saturated heterocycles. The Labute approximate surface area is 72.0 Å². The van der Waals surface area contributed by atoms with Gasteiger partial charge in [0, 0.05) is 6.92 Å². The molecule has 0 aromatic carbocycles. The van der Waals surface area contributed by atoms with Crippen molar-refractivity contribution in [2.24, 2.45) is 5.92 Å². The number of nitrogens with one attached hydrogen (secondary N) is 1. The molecule has 4 nitrogen and oxygen atoms in total. The molecule has 0 radical (unpaired) electrons. The van der Waals surface area contributed by atoms with Gasteiger partial charge < -0.3 is 15.2 Å². The average Bonchev–Trinajstić information content (AvgIpc) is 1.98. The highest BCUT2D eigenvalue weighted by Crippen LogP contribution is 2.06. The summed E-state index contributed by atoms with van der Waals surface area (Å²) in [5.74, 6) is -1.66. The van der Waals surface area contributed by atoms with Crippen molar-refractivity contribution in [3.8, 4) is 0 Å². The quantitative estimate of drug-likeness (QED) is 0.609. The molecule has 0 aliphatic carbocycles. The predicted octanol–water partition coefficient (Wildman–Crippen LogP) is -0.713. The Morgan fingerprint density at radius 1 is 1.50 bits per heavy atom. The van der Waals surface area contributed by atoms with E-state index in [1.54, 1.807) is 6.92 Å². The summed E-state index contributed by atoms with van der Waals surface area (Å²) in [5.41, 5.74) is 0. The van der Waals surface area contributed by atoms with Crippen LogP contribution in [0.5, 0.6) is 0 Å². The standard InChI is InChI=1S/C8H15NO3/c1-4-5(2)7(8(11)12)9-6(3)10/h5,7H,4H2,1-3H3,(H,9,10)(H,11,12)/p-1/t5-,7+/m0/s1. The van der Waals surface area contributed by atoms with Gasteiger partial charge in [0.25, 0.3) is 0 Å². The number of rotatable bonds is 4. The molecule has 0 aromatic rings. The van der Waals surface area contributed by atoms with Crippen molar-refractivity contribution in [3.05, 3.63) is 0 Å². The number of carboxylic acid groups (broad SMARTS) is 1. The van der Waals surface area contributed by atoms with Gasteiger partial charge in [0.1, 0.15) is 0 Å². The van der Waals surface area contributed by atoms with Gasteiger partial charge in [0.05, 0.1) is 12.0 Å². The molecule has 0 heterocycles. The van der Waals surface area contributed by atoms with Crippen molar-refractivity contribution >= 4 is 11.9 Å². The van der Waals surface area contributed by atoms with E-state index in [0.717, 1.165) is 0 Å². The smallest absolute Gasteiger partial charge is 0.217 e. The summed E-state index contributed by atoms with van der Waals surface area (Å²) >= 11 is 0. The molecule has 0 aliphatic rings. The first kappa shape index (κ1) is 10.9. The Morgan fingerprint density at radius 2 is 2.00 bits per heavy atom. The van der Waals surface area contributed by atoms with Crippen molar-refractivity contribution in [2.75, 3.05) is 0 Å². The molecule has 1 N–H and O–H groups in total. The molecule has 0 bridgehead atoms. The third-order valence-corrected chi connectivity index (χ3v) is 1.83. The first-order valence-corrected chi connectivity index (χ1v) is 3.97. The maximum absolute atomic E-state index is 10.6. The zero-order valence-electron chi connectivity index (χ0n) is 7.59. The minimum Gasteiger partial charge on any atom is -0.548 e. The normalized spacial score (nSPS) is 14.9. The van der Waals surface area contributed by atoms with Crippen LogP contribution in [0.2, 0.25) is 0 Å².